The average Bonchev–Trinajstić information content (AvgIpc) is 2.67. The fourth-order valence-corrected chi connectivity index (χ4v) is 4.32. The zero-order chi connectivity index (χ0) is 21.0. The Morgan fingerprint density at radius 3 is 1.96 bits per heavy atom. The van der Waals surface area contributed by atoms with Gasteiger partial charge in [-0.1, -0.05) is 63.1 Å². The summed E-state index contributed by atoms with van der Waals surface area (Å²) in [6.07, 6.45) is 4.64. The first-order valence-corrected chi connectivity index (χ1v) is 12.4. The van der Waals surface area contributed by atoms with Crippen LogP contribution >= 0.6 is 0 Å². The van der Waals surface area contributed by atoms with Crippen molar-refractivity contribution in [3.63, 3.8) is 0 Å². The smallest absolute Gasteiger partial charge is 0.225 e. The number of hydrogen-bond donors (Lipinski definition) is 2. The lowest BCUT2D eigenvalue weighted by atomic mass is 10.1. The molecule has 156 valence electrons. The molecule has 0 atom stereocenters. The molecule has 8 heteroatoms. The third-order valence-corrected chi connectivity index (χ3v) is 6.44. The van der Waals surface area contributed by atoms with E-state index in [4.69, 9.17) is 5.14 Å². The predicted octanol–water partition coefficient (Wildman–Crippen LogP) is 3.44. The summed E-state index contributed by atoms with van der Waals surface area (Å²) in [7, 11) is -6.85. The van der Waals surface area contributed by atoms with Crippen LogP contribution in [0.5, 0.6) is 0 Å². The monoisotopic (exact) mass is 426 g/mol. The molecular weight excluding hydrogens is 396 g/mol. The number of hydrogen-bond acceptors (Lipinski definition) is 4. The Labute approximate surface area is 169 Å². The number of rotatable bonds is 9. The molecule has 2 aromatic carbocycles. The lowest BCUT2D eigenvalue weighted by molar-refractivity contribution is 0.578. The second-order valence-corrected chi connectivity index (χ2v) is 9.62. The van der Waals surface area contributed by atoms with Gasteiger partial charge in [0.05, 0.1) is 9.79 Å². The number of unbranched alkanes of at least 4 members (excludes halogenated alkanes) is 2. The van der Waals surface area contributed by atoms with Crippen molar-refractivity contribution < 1.29 is 16.8 Å². The van der Waals surface area contributed by atoms with Crippen LogP contribution in [0.2, 0.25) is 0 Å². The van der Waals surface area contributed by atoms with E-state index in [0.29, 0.717) is 11.4 Å². The van der Waals surface area contributed by atoms with Crippen LogP contribution < -0.4 is 9.86 Å². The molecule has 0 aliphatic heterocycles. The summed E-state index contributed by atoms with van der Waals surface area (Å²) in [6.45, 7) is 4.60. The summed E-state index contributed by atoms with van der Waals surface area (Å²) in [5, 5.41) is 5.10. The third-order valence-electron chi connectivity index (χ3n) is 3.95. The van der Waals surface area contributed by atoms with Gasteiger partial charge in [-0.05, 0) is 43.0 Å². The highest BCUT2D eigenvalue weighted by molar-refractivity contribution is 7.89. The fraction of sp³-hybridized carbons (Fsp3) is 0.400. The van der Waals surface area contributed by atoms with Gasteiger partial charge in [0.25, 0.3) is 0 Å². The van der Waals surface area contributed by atoms with Gasteiger partial charge in [0.15, 0.2) is 0 Å². The summed E-state index contributed by atoms with van der Waals surface area (Å²) in [5.74, 6) is 0. The third kappa shape index (κ3) is 8.52. The maximum Gasteiger partial charge on any atom is 0.240 e. The summed E-state index contributed by atoms with van der Waals surface area (Å²) in [4.78, 5) is 0.588. The molecule has 0 aromatic heterocycles. The minimum absolute atomic E-state index is 0.258. The van der Waals surface area contributed by atoms with Gasteiger partial charge in [0.1, 0.15) is 0 Å². The fourth-order valence-electron chi connectivity index (χ4n) is 2.42. The van der Waals surface area contributed by atoms with Crippen molar-refractivity contribution in [2.75, 3.05) is 6.54 Å². The van der Waals surface area contributed by atoms with Crippen LogP contribution in [0.15, 0.2) is 64.4 Å². The number of benzene rings is 2. The number of primary sulfonamides is 1. The molecular formula is C20H30N2O4S2. The molecule has 0 radical (unpaired) electrons. The number of aryl methyl sites for hydroxylation is 1. The lowest BCUT2D eigenvalue weighted by Crippen LogP contribution is -2.24. The van der Waals surface area contributed by atoms with E-state index in [1.54, 1.807) is 42.5 Å². The molecule has 0 heterocycles. The summed E-state index contributed by atoms with van der Waals surface area (Å²) < 4.78 is 48.1. The van der Waals surface area contributed by atoms with Crippen LogP contribution in [0.1, 0.15) is 45.1 Å². The predicted molar refractivity (Wildman–Crippen MR) is 113 cm³/mol. The van der Waals surface area contributed by atoms with E-state index in [1.165, 1.54) is 0 Å². The zero-order valence-corrected chi connectivity index (χ0v) is 18.1. The van der Waals surface area contributed by atoms with E-state index in [2.05, 4.69) is 11.6 Å². The van der Waals surface area contributed by atoms with Crippen LogP contribution in [0.25, 0.3) is 0 Å². The van der Waals surface area contributed by atoms with E-state index >= 15 is 0 Å². The van der Waals surface area contributed by atoms with E-state index in [0.717, 1.165) is 37.7 Å². The van der Waals surface area contributed by atoms with Crippen molar-refractivity contribution in [2.45, 2.75) is 55.7 Å². The van der Waals surface area contributed by atoms with Gasteiger partial charge in [0.2, 0.25) is 20.0 Å². The van der Waals surface area contributed by atoms with Crippen molar-refractivity contribution in [1.29, 1.82) is 0 Å². The highest BCUT2D eigenvalue weighted by atomic mass is 32.2. The Morgan fingerprint density at radius 2 is 1.39 bits per heavy atom. The maximum atomic E-state index is 11.6. The largest absolute Gasteiger partial charge is 0.240 e. The highest BCUT2D eigenvalue weighted by Gasteiger charge is 2.12. The molecule has 0 saturated carbocycles. The topological polar surface area (TPSA) is 106 Å². The summed E-state index contributed by atoms with van der Waals surface area (Å²) >= 11 is 0. The van der Waals surface area contributed by atoms with Crippen LogP contribution in [0.3, 0.4) is 0 Å². The van der Waals surface area contributed by atoms with E-state index < -0.39 is 20.0 Å². The Bertz CT molecular complexity index is 912. The minimum atomic E-state index is -3.56. The lowest BCUT2D eigenvalue weighted by Gasteiger charge is -2.05. The molecule has 28 heavy (non-hydrogen) atoms. The zero-order valence-electron chi connectivity index (χ0n) is 16.5. The first-order chi connectivity index (χ1) is 13.2. The quantitative estimate of drug-likeness (QED) is 0.599. The molecule has 0 unspecified atom stereocenters. The van der Waals surface area contributed by atoms with Gasteiger partial charge in [-0.25, -0.2) is 26.7 Å². The first kappa shape index (κ1) is 24.3. The molecule has 0 spiro atoms. The van der Waals surface area contributed by atoms with Crippen molar-refractivity contribution in [3.8, 4) is 0 Å². The number of nitrogens with one attached hydrogen (secondary N) is 1. The Morgan fingerprint density at radius 1 is 0.821 bits per heavy atom. The van der Waals surface area contributed by atoms with Crippen molar-refractivity contribution in [2.24, 2.45) is 5.14 Å². The van der Waals surface area contributed by atoms with Gasteiger partial charge in [-0.3, -0.25) is 0 Å². The molecule has 0 bridgehead atoms. The molecule has 0 aliphatic rings. The van der Waals surface area contributed by atoms with Crippen molar-refractivity contribution in [1.82, 2.24) is 4.72 Å². The second kappa shape index (κ2) is 12.0. The van der Waals surface area contributed by atoms with Crippen molar-refractivity contribution in [3.05, 3.63) is 60.2 Å². The van der Waals surface area contributed by atoms with E-state index in [9.17, 15) is 16.8 Å². The molecule has 0 fully saturated rings. The summed E-state index contributed by atoms with van der Waals surface area (Å²) in [6, 6.07) is 15.3. The molecule has 0 amide bonds. The highest BCUT2D eigenvalue weighted by Crippen LogP contribution is 2.15. The van der Waals surface area contributed by atoms with Gasteiger partial charge in [0, 0.05) is 6.54 Å². The molecule has 3 N–H and O–H groups in total. The van der Waals surface area contributed by atoms with Crippen LogP contribution in [0, 0.1) is 0 Å². The second-order valence-electron chi connectivity index (χ2n) is 6.32. The summed E-state index contributed by atoms with van der Waals surface area (Å²) in [5.41, 5.74) is 0.817. The van der Waals surface area contributed by atoms with Gasteiger partial charge < -0.3 is 0 Å². The number of nitrogens with two attached hydrogens (primary N) is 1. The minimum Gasteiger partial charge on any atom is -0.225 e. The SMILES string of the molecule is CCCCNS(=O)(=O)c1ccccc1.CCCCc1ccccc1S(N)(=O)=O. The molecule has 2 rings (SSSR count). The van der Waals surface area contributed by atoms with E-state index in [1.807, 2.05) is 19.1 Å². The first-order valence-electron chi connectivity index (χ1n) is 9.37. The molecule has 2 aromatic rings. The standard InChI is InChI=1S/2C10H15NO2S/c1-2-3-9-11-14(12,13)10-7-5-4-6-8-10;1-2-3-6-9-7-4-5-8-10(9)14(11,12)13/h4-8,11H,2-3,9H2,1H3;4-5,7-8H,2-3,6H2,1H3,(H2,11,12,13). The van der Waals surface area contributed by atoms with Crippen molar-refractivity contribution >= 4 is 20.0 Å². The van der Waals surface area contributed by atoms with Gasteiger partial charge in [-0.2, -0.15) is 0 Å². The van der Waals surface area contributed by atoms with Crippen LogP contribution in [-0.2, 0) is 26.5 Å². The van der Waals surface area contributed by atoms with Gasteiger partial charge in [-0.15, -0.1) is 0 Å². The Kier molecular flexibility index (Phi) is 10.4. The number of sulfonamides is 2. The average molecular weight is 427 g/mol. The maximum absolute atomic E-state index is 11.6. The molecule has 6 nitrogen and oxygen atoms in total. The molecule has 0 saturated heterocycles. The molecule has 0 aliphatic carbocycles. The van der Waals surface area contributed by atoms with Crippen LogP contribution in [0.4, 0.5) is 0 Å². The van der Waals surface area contributed by atoms with E-state index in [-0.39, 0.29) is 4.90 Å². The van der Waals surface area contributed by atoms with Gasteiger partial charge >= 0.3 is 0 Å². The van der Waals surface area contributed by atoms with Crippen LogP contribution in [-0.4, -0.2) is 23.4 Å². The Balaban J connectivity index is 0.000000280. The Hall–Kier alpha value is -1.74. The normalized spacial score (nSPS) is 11.5.